The summed E-state index contributed by atoms with van der Waals surface area (Å²) in [5.74, 6) is 0. The highest BCUT2D eigenvalue weighted by Crippen LogP contribution is 2.05. The molecule has 0 unspecified atom stereocenters. The van der Waals surface area contributed by atoms with Crippen LogP contribution in [0.2, 0.25) is 0 Å². The highest BCUT2D eigenvalue weighted by atomic mass is 16.5. The zero-order valence-electron chi connectivity index (χ0n) is 9.95. The average molecular weight is 217 g/mol. The third kappa shape index (κ3) is 9.69. The number of carbonyl (C=O) groups excluding carboxylic acids is 1. The molecule has 0 aliphatic carbocycles. The highest BCUT2D eigenvalue weighted by molar-refractivity contribution is 5.37. The van der Waals surface area contributed by atoms with Gasteiger partial charge in [0.05, 0.1) is 6.61 Å². The predicted octanol–water partition coefficient (Wildman–Crippen LogP) is 1.08. The van der Waals surface area contributed by atoms with Gasteiger partial charge in [0, 0.05) is 6.04 Å². The number of aliphatic hydroxyl groups is 1. The quantitative estimate of drug-likeness (QED) is 0.680. The lowest BCUT2D eigenvalue weighted by atomic mass is 10.1. The predicted molar refractivity (Wildman–Crippen MR) is 59.6 cm³/mol. The summed E-state index contributed by atoms with van der Waals surface area (Å²) in [4.78, 5) is 9.60. The number of hydrogen-bond donors (Lipinski definition) is 2. The Hall–Kier alpha value is -0.610. The second-order valence-electron chi connectivity index (χ2n) is 4.66. The normalized spacial score (nSPS) is 21.2. The second kappa shape index (κ2) is 7.65. The summed E-state index contributed by atoms with van der Waals surface area (Å²) >= 11 is 0. The molecule has 1 fully saturated rings. The van der Waals surface area contributed by atoms with Gasteiger partial charge >= 0.3 is 0 Å². The molecule has 4 heteroatoms. The van der Waals surface area contributed by atoms with Crippen LogP contribution >= 0.6 is 0 Å². The monoisotopic (exact) mass is 217 g/mol. The van der Waals surface area contributed by atoms with Crippen molar-refractivity contribution in [2.75, 3.05) is 13.2 Å². The molecule has 2 N–H and O–H groups in total. The van der Waals surface area contributed by atoms with Crippen LogP contribution in [0.25, 0.3) is 0 Å². The third-order valence-corrected chi connectivity index (χ3v) is 2.03. The fourth-order valence-electron chi connectivity index (χ4n) is 1.22. The molecule has 15 heavy (non-hydrogen) atoms. The first-order valence-electron chi connectivity index (χ1n) is 5.45. The number of aliphatic hydroxyl groups excluding tert-OH is 1. The minimum absolute atomic E-state index is 0.306. The molecular weight excluding hydrogens is 194 g/mol. The maximum Gasteiger partial charge on any atom is 0.293 e. The Morgan fingerprint density at radius 1 is 1.47 bits per heavy atom. The Labute approximate surface area is 92.0 Å². The molecule has 1 aliphatic rings. The zero-order valence-corrected chi connectivity index (χ0v) is 9.95. The van der Waals surface area contributed by atoms with Crippen LogP contribution < -0.4 is 5.32 Å². The van der Waals surface area contributed by atoms with Crippen LogP contribution in [0.5, 0.6) is 0 Å². The van der Waals surface area contributed by atoms with Crippen LogP contribution in [0.4, 0.5) is 0 Å². The number of hydrogen-bond acceptors (Lipinski definition) is 4. The number of carbonyl (C=O) groups is 1. The fraction of sp³-hybridized carbons (Fsp3) is 0.909. The molecule has 1 rings (SSSR count). The maximum absolute atomic E-state index is 9.60. The summed E-state index contributed by atoms with van der Waals surface area (Å²) in [5.41, 5.74) is -0.318. The van der Waals surface area contributed by atoms with Crippen molar-refractivity contribution >= 4 is 6.47 Å². The molecule has 0 saturated carbocycles. The van der Waals surface area contributed by atoms with E-state index in [9.17, 15) is 4.79 Å². The largest absolute Gasteiger partial charge is 0.462 e. The molecule has 0 bridgehead atoms. The molecule has 1 heterocycles. The molecule has 4 nitrogen and oxygen atoms in total. The standard InChI is InChI=1S/C6H13NO.C5H10O2/c8-5-6-3-1-2-4-7-6;1-5(2,3)7-4-6/h6-8H,1-5H2;4H,1-3H3/t6-;/m0./s1. The molecule has 0 spiro atoms. The molecule has 0 aromatic rings. The fourth-order valence-corrected chi connectivity index (χ4v) is 1.22. The molecule has 1 atom stereocenters. The Morgan fingerprint density at radius 3 is 2.33 bits per heavy atom. The van der Waals surface area contributed by atoms with Crippen LogP contribution in [0.15, 0.2) is 0 Å². The summed E-state index contributed by atoms with van der Waals surface area (Å²) in [5, 5.41) is 11.8. The lowest BCUT2D eigenvalue weighted by Gasteiger charge is -2.20. The van der Waals surface area contributed by atoms with Gasteiger partial charge in [-0.3, -0.25) is 4.79 Å². The van der Waals surface area contributed by atoms with Crippen molar-refractivity contribution in [1.82, 2.24) is 5.32 Å². The van der Waals surface area contributed by atoms with Gasteiger partial charge < -0.3 is 15.2 Å². The molecule has 0 aromatic heterocycles. The SMILES string of the molecule is CC(C)(C)OC=O.OC[C@@H]1CCCCN1. The summed E-state index contributed by atoms with van der Waals surface area (Å²) in [6.45, 7) is 7.31. The molecule has 0 radical (unpaired) electrons. The van der Waals surface area contributed by atoms with Crippen molar-refractivity contribution in [3.05, 3.63) is 0 Å². The van der Waals surface area contributed by atoms with Crippen LogP contribution in [0.1, 0.15) is 40.0 Å². The highest BCUT2D eigenvalue weighted by Gasteiger charge is 2.09. The van der Waals surface area contributed by atoms with E-state index in [-0.39, 0.29) is 5.60 Å². The van der Waals surface area contributed by atoms with Gasteiger partial charge in [0.1, 0.15) is 5.60 Å². The lowest BCUT2D eigenvalue weighted by molar-refractivity contribution is -0.138. The molecular formula is C11H23NO3. The van der Waals surface area contributed by atoms with Crippen molar-refractivity contribution in [3.8, 4) is 0 Å². The first kappa shape index (κ1) is 14.4. The van der Waals surface area contributed by atoms with Gasteiger partial charge in [0.2, 0.25) is 0 Å². The second-order valence-corrected chi connectivity index (χ2v) is 4.66. The van der Waals surface area contributed by atoms with Crippen molar-refractivity contribution in [2.24, 2.45) is 0 Å². The van der Waals surface area contributed by atoms with Crippen LogP contribution in [-0.4, -0.2) is 36.4 Å². The van der Waals surface area contributed by atoms with Crippen molar-refractivity contribution < 1.29 is 14.6 Å². The van der Waals surface area contributed by atoms with E-state index in [2.05, 4.69) is 10.1 Å². The van der Waals surface area contributed by atoms with E-state index in [0.717, 1.165) is 13.0 Å². The van der Waals surface area contributed by atoms with Gasteiger partial charge in [-0.05, 0) is 40.2 Å². The minimum Gasteiger partial charge on any atom is -0.462 e. The van der Waals surface area contributed by atoms with Crippen LogP contribution in [-0.2, 0) is 9.53 Å². The summed E-state index contributed by atoms with van der Waals surface area (Å²) in [7, 11) is 0. The van der Waals surface area contributed by atoms with Gasteiger partial charge in [-0.25, -0.2) is 0 Å². The zero-order chi connectivity index (χ0) is 11.7. The van der Waals surface area contributed by atoms with Gasteiger partial charge in [0.25, 0.3) is 6.47 Å². The molecule has 90 valence electrons. The van der Waals surface area contributed by atoms with E-state index < -0.39 is 0 Å². The third-order valence-electron chi connectivity index (χ3n) is 2.03. The Balaban J connectivity index is 0.000000265. The van der Waals surface area contributed by atoms with Crippen molar-refractivity contribution in [3.63, 3.8) is 0 Å². The molecule has 1 saturated heterocycles. The number of rotatable bonds is 2. The summed E-state index contributed by atoms with van der Waals surface area (Å²) < 4.78 is 4.55. The minimum atomic E-state index is -0.318. The van der Waals surface area contributed by atoms with Crippen LogP contribution in [0, 0.1) is 0 Å². The first-order chi connectivity index (χ1) is 6.99. The van der Waals surface area contributed by atoms with Gasteiger partial charge in [-0.1, -0.05) is 6.42 Å². The number of nitrogens with one attached hydrogen (secondary N) is 1. The number of piperidine rings is 1. The number of ether oxygens (including phenoxy) is 1. The van der Waals surface area contributed by atoms with E-state index in [0.29, 0.717) is 19.1 Å². The van der Waals surface area contributed by atoms with Gasteiger partial charge in [-0.2, -0.15) is 0 Å². The average Bonchev–Trinajstić information content (AvgIpc) is 2.18. The van der Waals surface area contributed by atoms with E-state index in [1.165, 1.54) is 12.8 Å². The molecule has 0 amide bonds. The Bertz CT molecular complexity index is 160. The Morgan fingerprint density at radius 2 is 2.13 bits per heavy atom. The van der Waals surface area contributed by atoms with Crippen molar-refractivity contribution in [2.45, 2.75) is 51.7 Å². The van der Waals surface area contributed by atoms with E-state index in [1.807, 2.05) is 20.8 Å². The van der Waals surface area contributed by atoms with E-state index in [1.54, 1.807) is 0 Å². The Kier molecular flexibility index (Phi) is 7.34. The summed E-state index contributed by atoms with van der Waals surface area (Å²) in [6.07, 6.45) is 3.70. The molecule has 1 aliphatic heterocycles. The van der Waals surface area contributed by atoms with Gasteiger partial charge in [0.15, 0.2) is 0 Å². The topological polar surface area (TPSA) is 58.6 Å². The summed E-state index contributed by atoms with van der Waals surface area (Å²) in [6, 6.07) is 0.392. The van der Waals surface area contributed by atoms with E-state index >= 15 is 0 Å². The smallest absolute Gasteiger partial charge is 0.293 e. The van der Waals surface area contributed by atoms with Gasteiger partial charge in [-0.15, -0.1) is 0 Å². The maximum atomic E-state index is 9.60. The van der Waals surface area contributed by atoms with Crippen LogP contribution in [0.3, 0.4) is 0 Å². The lowest BCUT2D eigenvalue weighted by Crippen LogP contribution is -2.36. The first-order valence-corrected chi connectivity index (χ1v) is 5.45. The van der Waals surface area contributed by atoms with Crippen molar-refractivity contribution in [1.29, 1.82) is 0 Å². The molecule has 0 aromatic carbocycles. The van der Waals surface area contributed by atoms with E-state index in [4.69, 9.17) is 5.11 Å².